The monoisotopic (exact) mass is 340 g/mol. The number of benzene rings is 1. The molecule has 0 radical (unpaired) electrons. The van der Waals surface area contributed by atoms with Gasteiger partial charge in [-0.1, -0.05) is 24.6 Å². The van der Waals surface area contributed by atoms with E-state index in [1.54, 1.807) is 13.2 Å². The van der Waals surface area contributed by atoms with E-state index in [-0.39, 0.29) is 5.56 Å². The number of aromatic amines is 2. The molecule has 0 aliphatic heterocycles. The highest BCUT2D eigenvalue weighted by Crippen LogP contribution is 2.37. The van der Waals surface area contributed by atoms with E-state index in [9.17, 15) is 4.79 Å². The average Bonchev–Trinajstić information content (AvgIpc) is 2.50. The second-order valence-corrected chi connectivity index (χ2v) is 5.46. The van der Waals surface area contributed by atoms with Crippen LogP contribution in [0.5, 0.6) is 11.5 Å². The lowest BCUT2D eigenvalue weighted by atomic mass is 10.0. The Balaban J connectivity index is 2.53. The number of aromatic nitrogens is 2. The van der Waals surface area contributed by atoms with E-state index in [1.165, 1.54) is 7.11 Å². The number of ether oxygens (including phenoxy) is 2. The third-order valence-corrected chi connectivity index (χ3v) is 4.03. The van der Waals surface area contributed by atoms with Gasteiger partial charge in [0.25, 0.3) is 5.56 Å². The van der Waals surface area contributed by atoms with Crippen molar-refractivity contribution in [1.29, 1.82) is 0 Å². The van der Waals surface area contributed by atoms with E-state index in [4.69, 9.17) is 33.3 Å². The van der Waals surface area contributed by atoms with Gasteiger partial charge in [0.15, 0.2) is 16.3 Å². The van der Waals surface area contributed by atoms with Crippen molar-refractivity contribution in [3.05, 3.63) is 49.1 Å². The summed E-state index contributed by atoms with van der Waals surface area (Å²) in [5.41, 5.74) is 2.00. The smallest absolute Gasteiger partial charge is 0.255 e. The third kappa shape index (κ3) is 3.18. The first-order valence-corrected chi connectivity index (χ1v) is 7.54. The summed E-state index contributed by atoms with van der Waals surface area (Å²) in [6, 6.07) is 3.59. The van der Waals surface area contributed by atoms with Crippen LogP contribution >= 0.6 is 23.8 Å². The number of rotatable bonds is 5. The lowest BCUT2D eigenvalue weighted by Gasteiger charge is -2.13. The topological polar surface area (TPSA) is 67.1 Å². The summed E-state index contributed by atoms with van der Waals surface area (Å²) >= 11 is 11.4. The van der Waals surface area contributed by atoms with Crippen molar-refractivity contribution < 1.29 is 9.47 Å². The van der Waals surface area contributed by atoms with Gasteiger partial charge in [-0.2, -0.15) is 0 Å². The largest absolute Gasteiger partial charge is 0.493 e. The van der Waals surface area contributed by atoms with Crippen molar-refractivity contribution in [1.82, 2.24) is 9.97 Å². The van der Waals surface area contributed by atoms with Crippen molar-refractivity contribution in [3.63, 3.8) is 0 Å². The number of hydrogen-bond acceptors (Lipinski definition) is 4. The van der Waals surface area contributed by atoms with Gasteiger partial charge in [-0.15, -0.1) is 0 Å². The third-order valence-electron chi connectivity index (χ3n) is 3.42. The van der Waals surface area contributed by atoms with Crippen molar-refractivity contribution in [3.8, 4) is 11.5 Å². The first-order chi connectivity index (χ1) is 10.5. The van der Waals surface area contributed by atoms with Gasteiger partial charge >= 0.3 is 0 Å². The number of nitrogens with one attached hydrogen (secondary N) is 2. The first kappa shape index (κ1) is 16.6. The summed E-state index contributed by atoms with van der Waals surface area (Å²) in [5, 5.41) is 0.436. The normalized spacial score (nSPS) is 10.5. The summed E-state index contributed by atoms with van der Waals surface area (Å²) in [6.45, 7) is 1.96. The molecule has 2 N–H and O–H groups in total. The molecule has 0 aliphatic carbocycles. The lowest BCUT2D eigenvalue weighted by molar-refractivity contribution is 0.355. The van der Waals surface area contributed by atoms with Gasteiger partial charge < -0.3 is 14.5 Å². The van der Waals surface area contributed by atoms with Gasteiger partial charge in [0.2, 0.25) is 0 Å². The van der Waals surface area contributed by atoms with Gasteiger partial charge in [-0.05, 0) is 30.3 Å². The fraction of sp³-hybridized carbons (Fsp3) is 0.333. The number of aryl methyl sites for hydroxylation is 1. The van der Waals surface area contributed by atoms with Crippen molar-refractivity contribution in [2.75, 3.05) is 14.2 Å². The predicted octanol–water partition coefficient (Wildman–Crippen LogP) is 3.26. The molecular formula is C15H17ClN2O3S. The molecule has 0 atom stereocenters. The maximum absolute atomic E-state index is 12.2. The minimum absolute atomic E-state index is 0.202. The fourth-order valence-corrected chi connectivity index (χ4v) is 2.82. The average molecular weight is 341 g/mol. The summed E-state index contributed by atoms with van der Waals surface area (Å²) in [6.07, 6.45) is 1.05. The van der Waals surface area contributed by atoms with Crippen molar-refractivity contribution in [2.45, 2.75) is 19.8 Å². The zero-order chi connectivity index (χ0) is 16.3. The molecule has 1 aromatic carbocycles. The van der Waals surface area contributed by atoms with Crippen LogP contribution < -0.4 is 15.0 Å². The predicted molar refractivity (Wildman–Crippen MR) is 89.0 cm³/mol. The molecule has 0 aliphatic rings. The second-order valence-electron chi connectivity index (χ2n) is 4.67. The minimum Gasteiger partial charge on any atom is -0.493 e. The number of methoxy groups -OCH3 is 2. The molecule has 0 bridgehead atoms. The highest BCUT2D eigenvalue weighted by atomic mass is 35.5. The van der Waals surface area contributed by atoms with E-state index in [0.717, 1.165) is 11.3 Å². The number of H-pyrrole nitrogens is 2. The van der Waals surface area contributed by atoms with E-state index in [2.05, 4.69) is 9.97 Å². The van der Waals surface area contributed by atoms with Crippen LogP contribution in [0.1, 0.15) is 23.7 Å². The molecule has 2 rings (SSSR count). The van der Waals surface area contributed by atoms with E-state index >= 15 is 0 Å². The van der Waals surface area contributed by atoms with Crippen LogP contribution in [0.2, 0.25) is 5.02 Å². The van der Waals surface area contributed by atoms with Gasteiger partial charge in [-0.3, -0.25) is 9.78 Å². The molecule has 0 unspecified atom stereocenters. The summed E-state index contributed by atoms with van der Waals surface area (Å²) in [5.74, 6) is 1.01. The Labute approximate surface area is 138 Å². The Kier molecular flexibility index (Phi) is 5.26. The number of halogens is 1. The molecule has 22 heavy (non-hydrogen) atoms. The van der Waals surface area contributed by atoms with Gasteiger partial charge in [-0.25, -0.2) is 0 Å². The lowest BCUT2D eigenvalue weighted by Crippen LogP contribution is -2.18. The van der Waals surface area contributed by atoms with Gasteiger partial charge in [0.05, 0.1) is 19.2 Å². The zero-order valence-corrected chi connectivity index (χ0v) is 14.2. The summed E-state index contributed by atoms with van der Waals surface area (Å²) in [4.78, 5) is 17.8. The summed E-state index contributed by atoms with van der Waals surface area (Å²) in [7, 11) is 3.07. The van der Waals surface area contributed by atoms with Crippen LogP contribution in [0.15, 0.2) is 16.9 Å². The maximum Gasteiger partial charge on any atom is 0.255 e. The molecule has 5 nitrogen and oxygen atoms in total. The fourth-order valence-electron chi connectivity index (χ4n) is 2.31. The van der Waals surface area contributed by atoms with E-state index < -0.39 is 0 Å². The Hall–Kier alpha value is -1.79. The molecule has 1 aromatic heterocycles. The van der Waals surface area contributed by atoms with Crippen LogP contribution in [0.3, 0.4) is 0 Å². The zero-order valence-electron chi connectivity index (χ0n) is 12.6. The van der Waals surface area contributed by atoms with Crippen molar-refractivity contribution in [2.24, 2.45) is 0 Å². The Bertz CT molecular complexity index is 798. The molecule has 2 aromatic rings. The van der Waals surface area contributed by atoms with E-state index in [1.807, 2.05) is 13.0 Å². The quantitative estimate of drug-likeness (QED) is 0.820. The minimum atomic E-state index is -0.202. The molecule has 0 saturated heterocycles. The Morgan fingerprint density at radius 2 is 1.95 bits per heavy atom. The highest BCUT2D eigenvalue weighted by molar-refractivity contribution is 7.71. The van der Waals surface area contributed by atoms with E-state index in [0.29, 0.717) is 39.7 Å². The first-order valence-electron chi connectivity index (χ1n) is 6.75. The Morgan fingerprint density at radius 3 is 2.55 bits per heavy atom. The Morgan fingerprint density at radius 1 is 1.23 bits per heavy atom. The maximum atomic E-state index is 12.2. The van der Waals surface area contributed by atoms with Crippen LogP contribution in [0.25, 0.3) is 0 Å². The number of hydrogen-bond donors (Lipinski definition) is 2. The molecule has 1 heterocycles. The van der Waals surface area contributed by atoms with Crippen LogP contribution in [0.4, 0.5) is 0 Å². The molecule has 7 heteroatoms. The van der Waals surface area contributed by atoms with Crippen LogP contribution in [-0.2, 0) is 12.8 Å². The highest BCUT2D eigenvalue weighted by Gasteiger charge is 2.16. The molecule has 0 saturated carbocycles. The van der Waals surface area contributed by atoms with Gasteiger partial charge in [0, 0.05) is 17.7 Å². The second kappa shape index (κ2) is 6.98. The van der Waals surface area contributed by atoms with Crippen LogP contribution in [-0.4, -0.2) is 24.2 Å². The molecule has 0 spiro atoms. The molecule has 0 amide bonds. The summed E-state index contributed by atoms with van der Waals surface area (Å²) < 4.78 is 10.8. The van der Waals surface area contributed by atoms with Crippen LogP contribution in [0, 0.1) is 4.77 Å². The SMILES string of the molecule is CCc1[nH]c(=S)[nH]c(=O)c1Cc1ccc(OC)c(OC)c1Cl. The van der Waals surface area contributed by atoms with Gasteiger partial charge in [0.1, 0.15) is 0 Å². The molecule has 118 valence electrons. The molecular weight excluding hydrogens is 324 g/mol. The standard InChI is InChI=1S/C15H17ClN2O3S/c1-4-10-9(14(19)18-15(22)17-10)7-8-5-6-11(20-2)13(21-3)12(8)16/h5-6H,4,7H2,1-3H3,(H2,17,18,19,22). The molecule has 0 fully saturated rings. The van der Waals surface area contributed by atoms with Crippen molar-refractivity contribution >= 4 is 23.8 Å².